The van der Waals surface area contributed by atoms with E-state index in [1.54, 1.807) is 0 Å². The molecule has 1 aromatic rings. The first-order valence-electron chi connectivity index (χ1n) is 8.21. The maximum atomic E-state index is 13.6. The molecule has 0 radical (unpaired) electrons. The van der Waals surface area contributed by atoms with Gasteiger partial charge in [-0.2, -0.15) is 0 Å². The first-order valence-corrected chi connectivity index (χ1v) is 8.21. The third kappa shape index (κ3) is 7.39. The zero-order valence-corrected chi connectivity index (χ0v) is 14.5. The van der Waals surface area contributed by atoms with Crippen molar-refractivity contribution >= 4 is 11.9 Å². The normalized spacial score (nSPS) is 12.6. The van der Waals surface area contributed by atoms with Crippen LogP contribution in [0.1, 0.15) is 39.2 Å². The molecule has 1 amide bonds. The number of carbonyl (C=O) groups is 1. The minimum absolute atomic E-state index is 0.0119. The minimum Gasteiger partial charge on any atom is -0.357 e. The Morgan fingerprint density at radius 3 is 2.67 bits per heavy atom. The van der Waals surface area contributed by atoms with E-state index in [2.05, 4.69) is 20.9 Å². The van der Waals surface area contributed by atoms with Crippen LogP contribution in [-0.2, 0) is 11.3 Å². The van der Waals surface area contributed by atoms with E-state index in [0.29, 0.717) is 25.5 Å². The van der Waals surface area contributed by atoms with Gasteiger partial charge in [-0.15, -0.1) is 0 Å². The number of rotatable bonds is 8. The van der Waals surface area contributed by atoms with Gasteiger partial charge >= 0.3 is 0 Å². The number of nitrogens with zero attached hydrogens (tertiary/aromatic N) is 1. The van der Waals surface area contributed by atoms with Crippen molar-refractivity contribution in [3.05, 3.63) is 35.4 Å². The molecule has 5 nitrogen and oxygen atoms in total. The quantitative estimate of drug-likeness (QED) is 0.503. The van der Waals surface area contributed by atoms with Crippen molar-refractivity contribution in [1.82, 2.24) is 16.0 Å². The van der Waals surface area contributed by atoms with Gasteiger partial charge in [0.05, 0.1) is 6.54 Å². The maximum Gasteiger partial charge on any atom is 0.221 e. The molecular formula is C17H26F2N4O. The second-order valence-electron chi connectivity index (χ2n) is 5.48. The van der Waals surface area contributed by atoms with Gasteiger partial charge in [0.1, 0.15) is 11.6 Å². The van der Waals surface area contributed by atoms with Gasteiger partial charge in [-0.3, -0.25) is 4.79 Å². The fraction of sp³-hybridized carbons (Fsp3) is 0.529. The highest BCUT2D eigenvalue weighted by Gasteiger charge is 2.07. The number of aliphatic imine (C=N–C) groups is 1. The molecule has 0 spiro atoms. The van der Waals surface area contributed by atoms with Crippen LogP contribution in [0.15, 0.2) is 23.2 Å². The van der Waals surface area contributed by atoms with Crippen LogP contribution in [0.3, 0.4) is 0 Å². The maximum absolute atomic E-state index is 13.6. The zero-order chi connectivity index (χ0) is 17.9. The van der Waals surface area contributed by atoms with Crippen LogP contribution >= 0.6 is 0 Å². The van der Waals surface area contributed by atoms with Gasteiger partial charge in [-0.25, -0.2) is 13.8 Å². The van der Waals surface area contributed by atoms with Gasteiger partial charge in [-0.1, -0.05) is 6.92 Å². The fourth-order valence-electron chi connectivity index (χ4n) is 1.91. The van der Waals surface area contributed by atoms with Gasteiger partial charge in [0.25, 0.3) is 0 Å². The molecule has 0 saturated heterocycles. The Bertz CT molecular complexity index is 564. The van der Waals surface area contributed by atoms with E-state index in [9.17, 15) is 13.6 Å². The smallest absolute Gasteiger partial charge is 0.221 e. The topological polar surface area (TPSA) is 65.5 Å². The number of hydrogen-bond acceptors (Lipinski definition) is 2. The Kier molecular flexibility index (Phi) is 8.75. The van der Waals surface area contributed by atoms with Crippen LogP contribution < -0.4 is 16.0 Å². The lowest BCUT2D eigenvalue weighted by atomic mass is 10.2. The number of halogens is 2. The molecule has 7 heteroatoms. The zero-order valence-electron chi connectivity index (χ0n) is 14.5. The molecular weight excluding hydrogens is 314 g/mol. The lowest BCUT2D eigenvalue weighted by molar-refractivity contribution is -0.121. The Balaban J connectivity index is 2.54. The van der Waals surface area contributed by atoms with Crippen LogP contribution in [0, 0.1) is 11.6 Å². The van der Waals surface area contributed by atoms with E-state index in [0.717, 1.165) is 24.6 Å². The third-order valence-electron chi connectivity index (χ3n) is 3.42. The van der Waals surface area contributed by atoms with E-state index in [4.69, 9.17) is 0 Å². The summed E-state index contributed by atoms with van der Waals surface area (Å²) in [6.07, 6.45) is 1.19. The number of benzene rings is 1. The number of amides is 1. The molecule has 0 aliphatic heterocycles. The number of hydrogen-bond donors (Lipinski definition) is 3. The van der Waals surface area contributed by atoms with Gasteiger partial charge in [-0.05, 0) is 38.5 Å². The van der Waals surface area contributed by atoms with Crippen molar-refractivity contribution in [3.63, 3.8) is 0 Å². The van der Waals surface area contributed by atoms with E-state index in [-0.39, 0.29) is 24.1 Å². The fourth-order valence-corrected chi connectivity index (χ4v) is 1.91. The van der Waals surface area contributed by atoms with Crippen molar-refractivity contribution in [2.24, 2.45) is 4.99 Å². The molecule has 1 unspecified atom stereocenters. The van der Waals surface area contributed by atoms with Crippen molar-refractivity contribution in [3.8, 4) is 0 Å². The van der Waals surface area contributed by atoms with Gasteiger partial charge < -0.3 is 16.0 Å². The summed E-state index contributed by atoms with van der Waals surface area (Å²) in [5.74, 6) is -0.577. The van der Waals surface area contributed by atoms with Crippen LogP contribution in [0.2, 0.25) is 0 Å². The number of carbonyl (C=O) groups excluding carboxylic acids is 1. The highest BCUT2D eigenvalue weighted by molar-refractivity contribution is 5.81. The van der Waals surface area contributed by atoms with Crippen LogP contribution in [0.25, 0.3) is 0 Å². The molecule has 0 aromatic heterocycles. The molecule has 24 heavy (non-hydrogen) atoms. The molecule has 0 saturated carbocycles. The molecule has 0 aliphatic carbocycles. The van der Waals surface area contributed by atoms with Gasteiger partial charge in [0.15, 0.2) is 5.96 Å². The lowest BCUT2D eigenvalue weighted by Crippen LogP contribution is -2.40. The average Bonchev–Trinajstić information content (AvgIpc) is 2.55. The average molecular weight is 340 g/mol. The Hall–Kier alpha value is -2.18. The Labute approximate surface area is 141 Å². The van der Waals surface area contributed by atoms with E-state index in [1.165, 1.54) is 0 Å². The van der Waals surface area contributed by atoms with Crippen molar-refractivity contribution in [1.29, 1.82) is 0 Å². The number of guanidine groups is 1. The summed E-state index contributed by atoms with van der Waals surface area (Å²) < 4.78 is 26.7. The molecule has 0 bridgehead atoms. The molecule has 0 fully saturated rings. The molecule has 1 aromatic carbocycles. The summed E-state index contributed by atoms with van der Waals surface area (Å²) in [5.41, 5.74) is 0.182. The predicted molar refractivity (Wildman–Crippen MR) is 91.7 cm³/mol. The summed E-state index contributed by atoms with van der Waals surface area (Å²) in [6.45, 7) is 6.89. The first kappa shape index (κ1) is 19.9. The number of nitrogens with one attached hydrogen (secondary N) is 3. The summed E-state index contributed by atoms with van der Waals surface area (Å²) >= 11 is 0. The largest absolute Gasteiger partial charge is 0.357 e. The first-order chi connectivity index (χ1) is 11.5. The minimum atomic E-state index is -0.499. The third-order valence-corrected chi connectivity index (χ3v) is 3.42. The summed E-state index contributed by atoms with van der Waals surface area (Å²) in [7, 11) is 0. The highest BCUT2D eigenvalue weighted by atomic mass is 19.1. The van der Waals surface area contributed by atoms with Crippen molar-refractivity contribution < 1.29 is 13.6 Å². The van der Waals surface area contributed by atoms with Crippen LogP contribution in [0.5, 0.6) is 0 Å². The standard InChI is InChI=1S/C17H26F2N4O/c1-4-12(3)23-16(24)8-9-21-17(20-5-2)22-11-13-10-14(18)6-7-15(13)19/h6-7,10,12H,4-5,8-9,11H2,1-3H3,(H,23,24)(H2,20,21,22). The van der Waals surface area contributed by atoms with Crippen molar-refractivity contribution in [2.75, 3.05) is 13.1 Å². The molecule has 134 valence electrons. The predicted octanol–water partition coefficient (Wildman–Crippen LogP) is 2.32. The molecule has 0 heterocycles. The van der Waals surface area contributed by atoms with Crippen LogP contribution in [-0.4, -0.2) is 31.0 Å². The second-order valence-corrected chi connectivity index (χ2v) is 5.48. The molecule has 0 aliphatic rings. The summed E-state index contributed by atoms with van der Waals surface area (Å²) in [4.78, 5) is 15.9. The van der Waals surface area contributed by atoms with Crippen molar-refractivity contribution in [2.45, 2.75) is 46.2 Å². The Morgan fingerprint density at radius 2 is 2.00 bits per heavy atom. The molecule has 3 N–H and O–H groups in total. The van der Waals surface area contributed by atoms with E-state index < -0.39 is 11.6 Å². The monoisotopic (exact) mass is 340 g/mol. The second kappa shape index (κ2) is 10.6. The lowest BCUT2D eigenvalue weighted by Gasteiger charge is -2.13. The summed E-state index contributed by atoms with van der Waals surface area (Å²) in [5, 5.41) is 8.89. The van der Waals surface area contributed by atoms with E-state index >= 15 is 0 Å². The van der Waals surface area contributed by atoms with Crippen LogP contribution in [0.4, 0.5) is 8.78 Å². The van der Waals surface area contributed by atoms with Gasteiger partial charge in [0, 0.05) is 31.1 Å². The molecule has 1 rings (SSSR count). The van der Waals surface area contributed by atoms with Gasteiger partial charge in [0.2, 0.25) is 5.91 Å². The SMILES string of the molecule is CCNC(=NCc1cc(F)ccc1F)NCCC(=O)NC(C)CC. The van der Waals surface area contributed by atoms with E-state index in [1.807, 2.05) is 20.8 Å². The highest BCUT2D eigenvalue weighted by Crippen LogP contribution is 2.10. The molecule has 1 atom stereocenters. The Morgan fingerprint density at radius 1 is 1.25 bits per heavy atom. The summed E-state index contributed by atoms with van der Waals surface area (Å²) in [6, 6.07) is 3.43.